The summed E-state index contributed by atoms with van der Waals surface area (Å²) >= 11 is 0. The van der Waals surface area contributed by atoms with Crippen LogP contribution in [0.3, 0.4) is 0 Å². The molecule has 17 heavy (non-hydrogen) atoms. The molecule has 0 saturated heterocycles. The van der Waals surface area contributed by atoms with Crippen LogP contribution in [0.25, 0.3) is 0 Å². The number of phenolic OH excluding ortho intramolecular Hbond substituents is 1. The van der Waals surface area contributed by atoms with Crippen molar-refractivity contribution in [3.05, 3.63) is 41.6 Å². The van der Waals surface area contributed by atoms with Gasteiger partial charge >= 0.3 is 0 Å². The lowest BCUT2D eigenvalue weighted by Gasteiger charge is -2.06. The number of aromatic hydroxyl groups is 1. The van der Waals surface area contributed by atoms with Gasteiger partial charge < -0.3 is 10.4 Å². The second-order valence-electron chi connectivity index (χ2n) is 3.21. The van der Waals surface area contributed by atoms with Gasteiger partial charge in [0.25, 0.3) is 5.91 Å². The van der Waals surface area contributed by atoms with Crippen molar-refractivity contribution in [2.75, 3.05) is 5.32 Å². The van der Waals surface area contributed by atoms with Crippen LogP contribution in [0.15, 0.2) is 24.4 Å². The molecule has 0 saturated carbocycles. The van der Waals surface area contributed by atoms with Gasteiger partial charge in [0.05, 0.1) is 6.20 Å². The van der Waals surface area contributed by atoms with Gasteiger partial charge in [-0.05, 0) is 0 Å². The fraction of sp³-hybridized carbons (Fsp3) is 0. The molecule has 1 aromatic heterocycles. The minimum Gasteiger partial charge on any atom is -0.507 e. The number of hydrogen-bond donors (Lipinski definition) is 3. The van der Waals surface area contributed by atoms with E-state index in [4.69, 9.17) is 0 Å². The van der Waals surface area contributed by atoms with E-state index in [-0.39, 0.29) is 5.82 Å². The third-order valence-electron chi connectivity index (χ3n) is 2.01. The number of benzene rings is 1. The van der Waals surface area contributed by atoms with Crippen molar-refractivity contribution < 1.29 is 18.7 Å². The topological polar surface area (TPSA) is 78.0 Å². The third kappa shape index (κ3) is 2.22. The maximum absolute atomic E-state index is 13.3. The number of aromatic nitrogens is 2. The Bertz CT molecular complexity index is 532. The van der Waals surface area contributed by atoms with E-state index in [0.29, 0.717) is 12.1 Å². The summed E-state index contributed by atoms with van der Waals surface area (Å²) in [6, 6.07) is 2.61. The first kappa shape index (κ1) is 11.1. The van der Waals surface area contributed by atoms with Crippen molar-refractivity contribution in [2.24, 2.45) is 0 Å². The molecule has 0 spiro atoms. The molecule has 3 N–H and O–H groups in total. The van der Waals surface area contributed by atoms with Crippen LogP contribution in [0, 0.1) is 11.6 Å². The Hall–Kier alpha value is -2.44. The Labute approximate surface area is 94.1 Å². The van der Waals surface area contributed by atoms with Crippen molar-refractivity contribution in [3.63, 3.8) is 0 Å². The number of rotatable bonds is 2. The van der Waals surface area contributed by atoms with E-state index in [1.165, 1.54) is 12.3 Å². The van der Waals surface area contributed by atoms with Gasteiger partial charge in [-0.3, -0.25) is 9.89 Å². The summed E-state index contributed by atoms with van der Waals surface area (Å²) in [7, 11) is 0. The zero-order valence-corrected chi connectivity index (χ0v) is 8.37. The summed E-state index contributed by atoms with van der Waals surface area (Å²) in [6.45, 7) is 0. The summed E-state index contributed by atoms with van der Waals surface area (Å²) in [6.07, 6.45) is 1.39. The van der Waals surface area contributed by atoms with Crippen molar-refractivity contribution in [3.8, 4) is 5.75 Å². The number of halogens is 2. The van der Waals surface area contributed by atoms with Crippen LogP contribution in [-0.2, 0) is 0 Å². The molecule has 0 aliphatic rings. The van der Waals surface area contributed by atoms with Crippen LogP contribution >= 0.6 is 0 Å². The highest BCUT2D eigenvalue weighted by atomic mass is 19.1. The third-order valence-corrected chi connectivity index (χ3v) is 2.01. The quantitative estimate of drug-likeness (QED) is 0.745. The molecule has 5 nitrogen and oxygen atoms in total. The summed E-state index contributed by atoms with van der Waals surface area (Å²) in [5.74, 6) is -3.53. The predicted octanol–water partition coefficient (Wildman–Crippen LogP) is 1.65. The van der Waals surface area contributed by atoms with E-state index in [9.17, 15) is 18.7 Å². The molecule has 0 radical (unpaired) electrons. The molecule has 0 aliphatic heterocycles. The number of aromatic amines is 1. The fourth-order valence-corrected chi connectivity index (χ4v) is 1.30. The van der Waals surface area contributed by atoms with Crippen molar-refractivity contribution in [1.82, 2.24) is 10.2 Å². The summed E-state index contributed by atoms with van der Waals surface area (Å²) < 4.78 is 26.0. The van der Waals surface area contributed by atoms with Gasteiger partial charge in [-0.2, -0.15) is 5.10 Å². The Morgan fingerprint density at radius 1 is 1.41 bits per heavy atom. The number of carbonyl (C=O) groups excluding carboxylic acids is 1. The molecule has 0 fully saturated rings. The molecule has 2 aromatic rings. The monoisotopic (exact) mass is 239 g/mol. The van der Waals surface area contributed by atoms with Crippen LogP contribution in [0.4, 0.5) is 14.6 Å². The number of hydrogen-bond acceptors (Lipinski definition) is 3. The average Bonchev–Trinajstić information content (AvgIpc) is 2.68. The molecule has 7 heteroatoms. The van der Waals surface area contributed by atoms with Gasteiger partial charge in [-0.15, -0.1) is 0 Å². The predicted molar refractivity (Wildman–Crippen MR) is 54.6 cm³/mol. The number of phenols is 1. The minimum atomic E-state index is -1.14. The number of amides is 1. The first-order valence-corrected chi connectivity index (χ1v) is 4.56. The lowest BCUT2D eigenvalue weighted by Crippen LogP contribution is -2.14. The molecule has 0 atom stereocenters. The molecule has 0 unspecified atom stereocenters. The van der Waals surface area contributed by atoms with E-state index in [1.807, 2.05) is 0 Å². The van der Waals surface area contributed by atoms with Gasteiger partial charge in [-0.25, -0.2) is 8.78 Å². The Morgan fingerprint density at radius 3 is 2.76 bits per heavy atom. The van der Waals surface area contributed by atoms with Gasteiger partial charge in [0.15, 0.2) is 0 Å². The first-order chi connectivity index (χ1) is 8.08. The van der Waals surface area contributed by atoms with E-state index in [2.05, 4.69) is 15.5 Å². The summed E-state index contributed by atoms with van der Waals surface area (Å²) in [5.41, 5.74) is -0.624. The van der Waals surface area contributed by atoms with Crippen molar-refractivity contribution in [2.45, 2.75) is 0 Å². The molecule has 2 rings (SSSR count). The number of carbonyl (C=O) groups is 1. The van der Waals surface area contributed by atoms with Crippen LogP contribution in [0.1, 0.15) is 10.4 Å². The molecular weight excluding hydrogens is 232 g/mol. The largest absolute Gasteiger partial charge is 0.507 e. The van der Waals surface area contributed by atoms with E-state index >= 15 is 0 Å². The lowest BCUT2D eigenvalue weighted by molar-refractivity contribution is 0.102. The highest BCUT2D eigenvalue weighted by Gasteiger charge is 2.18. The molecule has 0 bridgehead atoms. The van der Waals surface area contributed by atoms with Gasteiger partial charge in [0, 0.05) is 18.2 Å². The number of anilines is 1. The van der Waals surface area contributed by atoms with Gasteiger partial charge in [0.1, 0.15) is 28.8 Å². The van der Waals surface area contributed by atoms with E-state index < -0.39 is 28.9 Å². The van der Waals surface area contributed by atoms with Gasteiger partial charge in [0.2, 0.25) is 0 Å². The Kier molecular flexibility index (Phi) is 2.73. The standard InChI is InChI=1S/C10H7F2N3O2/c11-5-3-6(12)9(7(16)4-5)10(17)14-8-1-2-13-15-8/h1-4,16H,(H2,13,14,15,17). The van der Waals surface area contributed by atoms with Crippen molar-refractivity contribution in [1.29, 1.82) is 0 Å². The molecule has 88 valence electrons. The fourth-order valence-electron chi connectivity index (χ4n) is 1.30. The highest BCUT2D eigenvalue weighted by Crippen LogP contribution is 2.22. The molecular formula is C10H7F2N3O2. The lowest BCUT2D eigenvalue weighted by atomic mass is 10.1. The molecule has 0 aliphatic carbocycles. The second-order valence-corrected chi connectivity index (χ2v) is 3.21. The minimum absolute atomic E-state index is 0.234. The molecule has 1 amide bonds. The summed E-state index contributed by atoms with van der Waals surface area (Å²) in [4.78, 5) is 11.6. The van der Waals surface area contributed by atoms with Gasteiger partial charge in [-0.1, -0.05) is 0 Å². The molecule has 1 aromatic carbocycles. The second kappa shape index (κ2) is 4.20. The van der Waals surface area contributed by atoms with E-state index in [1.54, 1.807) is 0 Å². The normalized spacial score (nSPS) is 10.2. The average molecular weight is 239 g/mol. The van der Waals surface area contributed by atoms with Crippen LogP contribution in [0.2, 0.25) is 0 Å². The number of H-pyrrole nitrogens is 1. The maximum Gasteiger partial charge on any atom is 0.263 e. The van der Waals surface area contributed by atoms with Crippen molar-refractivity contribution >= 4 is 11.7 Å². The zero-order chi connectivity index (χ0) is 12.4. The Morgan fingerprint density at radius 2 is 2.18 bits per heavy atom. The van der Waals surface area contributed by atoms with Crippen LogP contribution in [-0.4, -0.2) is 21.2 Å². The van der Waals surface area contributed by atoms with Crippen LogP contribution < -0.4 is 5.32 Å². The first-order valence-electron chi connectivity index (χ1n) is 4.56. The maximum atomic E-state index is 13.3. The molecule has 1 heterocycles. The number of nitrogens with zero attached hydrogens (tertiary/aromatic N) is 1. The van der Waals surface area contributed by atoms with E-state index in [0.717, 1.165) is 0 Å². The van der Waals surface area contributed by atoms with Crippen LogP contribution in [0.5, 0.6) is 5.75 Å². The number of nitrogens with one attached hydrogen (secondary N) is 2. The SMILES string of the molecule is O=C(Nc1ccn[nH]1)c1c(O)cc(F)cc1F. The summed E-state index contributed by atoms with van der Waals surface area (Å²) in [5, 5.41) is 17.6. The highest BCUT2D eigenvalue weighted by molar-refractivity contribution is 6.05. The zero-order valence-electron chi connectivity index (χ0n) is 8.37. The Balaban J connectivity index is 2.31. The smallest absolute Gasteiger partial charge is 0.263 e.